The highest BCUT2D eigenvalue weighted by atomic mass is 79.9. The third kappa shape index (κ3) is 3.76. The van der Waals surface area contributed by atoms with Crippen LogP contribution in [-0.2, 0) is 5.41 Å². The molecule has 0 radical (unpaired) electrons. The van der Waals surface area contributed by atoms with Gasteiger partial charge >= 0.3 is 0 Å². The second-order valence-corrected chi connectivity index (χ2v) is 6.61. The number of anilines is 1. The first-order chi connectivity index (χ1) is 9.36. The summed E-state index contributed by atoms with van der Waals surface area (Å²) in [6, 6.07) is 6.05. The lowest BCUT2D eigenvalue weighted by Gasteiger charge is -2.20. The van der Waals surface area contributed by atoms with Gasteiger partial charge in [-0.05, 0) is 40.5 Å². The van der Waals surface area contributed by atoms with Crippen LogP contribution in [0.15, 0.2) is 35.2 Å². The molecular formula is C15H19BrN4. The van der Waals surface area contributed by atoms with Crippen molar-refractivity contribution in [3.63, 3.8) is 0 Å². The van der Waals surface area contributed by atoms with Gasteiger partial charge < -0.3 is 5.32 Å². The minimum atomic E-state index is -0.0832. The average Bonchev–Trinajstić information content (AvgIpc) is 2.38. The third-order valence-corrected chi connectivity index (χ3v) is 3.34. The Morgan fingerprint density at radius 2 is 1.80 bits per heavy atom. The molecule has 1 N–H and O–H groups in total. The van der Waals surface area contributed by atoms with E-state index >= 15 is 0 Å². The fraction of sp³-hybridized carbons (Fsp3) is 0.400. The van der Waals surface area contributed by atoms with Gasteiger partial charge in [0.15, 0.2) is 0 Å². The highest BCUT2D eigenvalue weighted by Crippen LogP contribution is 2.24. The summed E-state index contributed by atoms with van der Waals surface area (Å²) >= 11 is 3.45. The van der Waals surface area contributed by atoms with Crippen molar-refractivity contribution in [3.8, 4) is 0 Å². The number of pyridine rings is 1. The SMILES string of the molecule is CC(Nc1cc(Br)nc(C(C)(C)C)n1)c1ccncc1. The Labute approximate surface area is 128 Å². The largest absolute Gasteiger partial charge is 0.363 e. The van der Waals surface area contributed by atoms with Crippen molar-refractivity contribution in [2.45, 2.75) is 39.2 Å². The van der Waals surface area contributed by atoms with Gasteiger partial charge in [0, 0.05) is 23.9 Å². The van der Waals surface area contributed by atoms with Crippen LogP contribution < -0.4 is 5.32 Å². The van der Waals surface area contributed by atoms with E-state index in [2.05, 4.69) is 63.9 Å². The number of halogens is 1. The molecule has 1 unspecified atom stereocenters. The molecule has 2 aromatic heterocycles. The van der Waals surface area contributed by atoms with E-state index in [1.807, 2.05) is 18.2 Å². The Balaban J connectivity index is 2.24. The molecule has 0 aliphatic rings. The fourth-order valence-electron chi connectivity index (χ4n) is 1.78. The lowest BCUT2D eigenvalue weighted by Crippen LogP contribution is -2.18. The molecule has 0 saturated carbocycles. The summed E-state index contributed by atoms with van der Waals surface area (Å²) in [4.78, 5) is 13.1. The number of hydrogen-bond acceptors (Lipinski definition) is 4. The minimum absolute atomic E-state index is 0.0832. The van der Waals surface area contributed by atoms with E-state index in [4.69, 9.17) is 0 Å². The van der Waals surface area contributed by atoms with Gasteiger partial charge in [-0.2, -0.15) is 0 Å². The van der Waals surface area contributed by atoms with E-state index in [0.717, 1.165) is 16.2 Å². The molecule has 0 saturated heterocycles. The van der Waals surface area contributed by atoms with E-state index in [1.165, 1.54) is 5.56 Å². The van der Waals surface area contributed by atoms with Crippen LogP contribution in [0.4, 0.5) is 5.82 Å². The first-order valence-electron chi connectivity index (χ1n) is 6.58. The molecule has 106 valence electrons. The molecule has 2 rings (SSSR count). The molecule has 0 bridgehead atoms. The Kier molecular flexibility index (Phi) is 4.38. The summed E-state index contributed by atoms with van der Waals surface area (Å²) in [7, 11) is 0. The maximum absolute atomic E-state index is 4.60. The number of hydrogen-bond donors (Lipinski definition) is 1. The van der Waals surface area contributed by atoms with Gasteiger partial charge in [-0.15, -0.1) is 0 Å². The van der Waals surface area contributed by atoms with Gasteiger partial charge in [-0.25, -0.2) is 9.97 Å². The Hall–Kier alpha value is -1.49. The molecule has 0 spiro atoms. The van der Waals surface area contributed by atoms with E-state index in [0.29, 0.717) is 0 Å². The first-order valence-corrected chi connectivity index (χ1v) is 7.37. The second kappa shape index (κ2) is 5.87. The lowest BCUT2D eigenvalue weighted by atomic mass is 9.96. The number of nitrogens with zero attached hydrogens (tertiary/aromatic N) is 3. The summed E-state index contributed by atoms with van der Waals surface area (Å²) in [6.07, 6.45) is 3.59. The van der Waals surface area contributed by atoms with Crippen molar-refractivity contribution < 1.29 is 0 Å². The standard InChI is InChI=1S/C15H19BrN4/c1-10(11-5-7-17-8-6-11)18-13-9-12(16)19-14(20-13)15(2,3)4/h5-10H,1-4H3,(H,18,19,20). The summed E-state index contributed by atoms with van der Waals surface area (Å²) in [5.41, 5.74) is 1.09. The van der Waals surface area contributed by atoms with Gasteiger partial charge in [-0.1, -0.05) is 20.8 Å². The van der Waals surface area contributed by atoms with Gasteiger partial charge in [0.05, 0.1) is 6.04 Å². The Morgan fingerprint density at radius 1 is 1.15 bits per heavy atom. The highest BCUT2D eigenvalue weighted by Gasteiger charge is 2.19. The van der Waals surface area contributed by atoms with Crippen molar-refractivity contribution in [2.24, 2.45) is 0 Å². The minimum Gasteiger partial charge on any atom is -0.363 e. The summed E-state index contributed by atoms with van der Waals surface area (Å²) in [6.45, 7) is 8.41. The summed E-state index contributed by atoms with van der Waals surface area (Å²) in [5, 5.41) is 3.40. The van der Waals surface area contributed by atoms with Crippen molar-refractivity contribution in [2.75, 3.05) is 5.32 Å². The molecular weight excluding hydrogens is 316 g/mol. The monoisotopic (exact) mass is 334 g/mol. The van der Waals surface area contributed by atoms with E-state index in [-0.39, 0.29) is 11.5 Å². The second-order valence-electron chi connectivity index (χ2n) is 5.80. The van der Waals surface area contributed by atoms with Crippen molar-refractivity contribution in [1.82, 2.24) is 15.0 Å². The molecule has 2 heterocycles. The molecule has 1 atom stereocenters. The molecule has 5 heteroatoms. The smallest absolute Gasteiger partial charge is 0.137 e. The predicted octanol–water partition coefficient (Wildman–Crippen LogP) is 4.10. The average molecular weight is 335 g/mol. The maximum Gasteiger partial charge on any atom is 0.137 e. The predicted molar refractivity (Wildman–Crippen MR) is 84.7 cm³/mol. The topological polar surface area (TPSA) is 50.7 Å². The molecule has 20 heavy (non-hydrogen) atoms. The first kappa shape index (κ1) is 14.9. The van der Waals surface area contributed by atoms with Crippen LogP contribution in [0.1, 0.15) is 45.1 Å². The zero-order valence-corrected chi connectivity index (χ0v) is 13.8. The number of rotatable bonds is 3. The zero-order chi connectivity index (χ0) is 14.8. The number of nitrogens with one attached hydrogen (secondary N) is 1. The van der Waals surface area contributed by atoms with Gasteiger partial charge in [0.2, 0.25) is 0 Å². The van der Waals surface area contributed by atoms with Crippen LogP contribution in [-0.4, -0.2) is 15.0 Å². The zero-order valence-electron chi connectivity index (χ0n) is 12.2. The molecule has 0 aromatic carbocycles. The normalized spacial score (nSPS) is 13.1. The van der Waals surface area contributed by atoms with Crippen LogP contribution in [0.3, 0.4) is 0 Å². The van der Waals surface area contributed by atoms with Gasteiger partial charge in [0.25, 0.3) is 0 Å². The number of aromatic nitrogens is 3. The van der Waals surface area contributed by atoms with Crippen molar-refractivity contribution in [3.05, 3.63) is 46.6 Å². The summed E-state index contributed by atoms with van der Waals surface area (Å²) < 4.78 is 0.793. The van der Waals surface area contributed by atoms with E-state index in [1.54, 1.807) is 12.4 Å². The van der Waals surface area contributed by atoms with E-state index in [9.17, 15) is 0 Å². The molecule has 0 aliphatic heterocycles. The quantitative estimate of drug-likeness (QED) is 0.858. The Morgan fingerprint density at radius 3 is 2.40 bits per heavy atom. The van der Waals surface area contributed by atoms with Crippen molar-refractivity contribution >= 4 is 21.7 Å². The Bertz CT molecular complexity index is 578. The van der Waals surface area contributed by atoms with Crippen LogP contribution in [0.5, 0.6) is 0 Å². The third-order valence-electron chi connectivity index (χ3n) is 2.94. The van der Waals surface area contributed by atoms with Crippen LogP contribution >= 0.6 is 15.9 Å². The lowest BCUT2D eigenvalue weighted by molar-refractivity contribution is 0.544. The molecule has 0 amide bonds. The molecule has 2 aromatic rings. The van der Waals surface area contributed by atoms with Gasteiger partial charge in [0.1, 0.15) is 16.2 Å². The maximum atomic E-state index is 4.60. The van der Waals surface area contributed by atoms with Gasteiger partial charge in [-0.3, -0.25) is 4.98 Å². The van der Waals surface area contributed by atoms with E-state index < -0.39 is 0 Å². The summed E-state index contributed by atoms with van der Waals surface area (Å²) in [5.74, 6) is 1.64. The van der Waals surface area contributed by atoms with Crippen LogP contribution in [0, 0.1) is 0 Å². The van der Waals surface area contributed by atoms with Crippen LogP contribution in [0.2, 0.25) is 0 Å². The molecule has 0 fully saturated rings. The molecule has 0 aliphatic carbocycles. The van der Waals surface area contributed by atoms with Crippen molar-refractivity contribution in [1.29, 1.82) is 0 Å². The highest BCUT2D eigenvalue weighted by molar-refractivity contribution is 9.10. The fourth-order valence-corrected chi connectivity index (χ4v) is 2.17. The van der Waals surface area contributed by atoms with Crippen LogP contribution in [0.25, 0.3) is 0 Å². The molecule has 4 nitrogen and oxygen atoms in total.